The van der Waals surface area contributed by atoms with Crippen molar-refractivity contribution in [1.29, 1.82) is 0 Å². The monoisotopic (exact) mass is 158 g/mol. The third-order valence-corrected chi connectivity index (χ3v) is 0. The Morgan fingerprint density at radius 1 is 0.750 bits per heavy atom. The van der Waals surface area contributed by atoms with E-state index in [0.717, 1.165) is 0 Å². The van der Waals surface area contributed by atoms with E-state index < -0.39 is 0 Å². The maximum Gasteiger partial charge on any atom is -0.0149 e. The average Bonchev–Trinajstić information content (AvgIpc) is 0. The average molecular weight is 157 g/mol. The Hall–Kier alpha value is 0.977. The van der Waals surface area contributed by atoms with Crippen molar-refractivity contribution in [2.45, 2.75) is 7.43 Å². The molecule has 0 atom stereocenters. The van der Waals surface area contributed by atoms with Crippen LogP contribution in [0, 0.1) is 0 Å². The van der Waals surface area contributed by atoms with Crippen molar-refractivity contribution in [3.8, 4) is 0 Å². The summed E-state index contributed by atoms with van der Waals surface area (Å²) in [5, 5.41) is 0. The van der Waals surface area contributed by atoms with Crippen molar-refractivity contribution in [1.82, 2.24) is 0 Å². The SMILES string of the molecule is C.[GeH4].[SiH4].[SiH4]. The predicted molar refractivity (Wildman–Crippen MR) is 40.7 cm³/mol. The molecule has 0 aromatic heterocycles. The minimum Gasteiger partial charge on any atom is -0.0149 e. The Bertz CT molecular complexity index is 6.00. The zero-order chi connectivity index (χ0) is 0. The minimum atomic E-state index is 0. The Morgan fingerprint density at radius 2 is 0.750 bits per heavy atom. The quantitative estimate of drug-likeness (QED) is 0.317. The van der Waals surface area contributed by atoms with Crippen LogP contribution in [0.2, 0.25) is 0 Å². The van der Waals surface area contributed by atoms with Gasteiger partial charge in [0.2, 0.25) is 0 Å². The molecular formula is CH16GeSi2. The van der Waals surface area contributed by atoms with Crippen LogP contribution in [-0.4, -0.2) is 39.5 Å². The third-order valence-electron chi connectivity index (χ3n) is 0. The molecule has 0 bridgehead atoms. The minimum absolute atomic E-state index is 0. The van der Waals surface area contributed by atoms with E-state index in [2.05, 4.69) is 0 Å². The van der Waals surface area contributed by atoms with E-state index in [1.54, 1.807) is 0 Å². The van der Waals surface area contributed by atoms with Crippen molar-refractivity contribution in [2.75, 3.05) is 0 Å². The summed E-state index contributed by atoms with van der Waals surface area (Å²) < 4.78 is 0. The van der Waals surface area contributed by atoms with Gasteiger partial charge in [-0.1, -0.05) is 7.43 Å². The smallest absolute Gasteiger partial charge is 0.0149 e. The molecule has 0 saturated carbocycles. The Balaban J connectivity index is 0. The van der Waals surface area contributed by atoms with Gasteiger partial charge in [0.25, 0.3) is 0 Å². The largest absolute Gasteiger partial charge is 0.0149 e. The summed E-state index contributed by atoms with van der Waals surface area (Å²) in [6.45, 7) is 0. The Morgan fingerprint density at radius 3 is 0.750 bits per heavy atom. The van der Waals surface area contributed by atoms with Crippen LogP contribution in [0.5, 0.6) is 0 Å². The fourth-order valence-electron chi connectivity index (χ4n) is 0. The molecule has 0 saturated heterocycles. The van der Waals surface area contributed by atoms with E-state index in [9.17, 15) is 0 Å². The van der Waals surface area contributed by atoms with E-state index in [1.807, 2.05) is 0 Å². The summed E-state index contributed by atoms with van der Waals surface area (Å²) in [5.41, 5.74) is 0. The maximum absolute atomic E-state index is 0. The van der Waals surface area contributed by atoms with Crippen LogP contribution in [0.1, 0.15) is 7.43 Å². The van der Waals surface area contributed by atoms with Crippen molar-refractivity contribution in [2.24, 2.45) is 0 Å². The number of hydrogen-bond donors (Lipinski definition) is 0. The summed E-state index contributed by atoms with van der Waals surface area (Å²) in [6, 6.07) is 0. The zero-order valence-corrected chi connectivity index (χ0v) is 0. The molecule has 0 nitrogen and oxygen atoms in total. The fraction of sp³-hybridized carbons (Fsp3) is 1.00. The number of hydrogen-bond acceptors (Lipinski definition) is 0. The normalized spacial score (nSPS) is 0. The first-order valence-corrected chi connectivity index (χ1v) is 0. The molecule has 0 aliphatic rings. The molecule has 0 aromatic carbocycles. The van der Waals surface area contributed by atoms with Crippen molar-refractivity contribution < 1.29 is 0 Å². The molecule has 0 fully saturated rings. The maximum atomic E-state index is 0. The van der Waals surface area contributed by atoms with Crippen LogP contribution >= 0.6 is 0 Å². The molecule has 0 unspecified atom stereocenters. The van der Waals surface area contributed by atoms with E-state index in [-0.39, 0.29) is 47.0 Å². The molecule has 0 aromatic rings. The summed E-state index contributed by atoms with van der Waals surface area (Å²) in [4.78, 5) is 0. The fourth-order valence-corrected chi connectivity index (χ4v) is 0. The van der Waals surface area contributed by atoms with Crippen LogP contribution in [0.4, 0.5) is 0 Å². The molecule has 0 N–H and O–H groups in total. The molecule has 0 amide bonds. The number of rotatable bonds is 0. The summed E-state index contributed by atoms with van der Waals surface area (Å²) in [7, 11) is 0. The van der Waals surface area contributed by atoms with Crippen molar-refractivity contribution >= 4 is 39.5 Å². The topological polar surface area (TPSA) is 0 Å². The Kier molecular flexibility index (Phi) is 762. The molecule has 0 spiro atoms. The summed E-state index contributed by atoms with van der Waals surface area (Å²) in [6.07, 6.45) is 0. The van der Waals surface area contributed by atoms with E-state index >= 15 is 0 Å². The second-order valence-corrected chi connectivity index (χ2v) is 0. The first kappa shape index (κ1) is 82.5. The Labute approximate surface area is 47.4 Å². The van der Waals surface area contributed by atoms with Gasteiger partial charge in [0.1, 0.15) is 0 Å². The van der Waals surface area contributed by atoms with Crippen LogP contribution in [0.3, 0.4) is 0 Å². The van der Waals surface area contributed by atoms with E-state index in [0.29, 0.717) is 0 Å². The van der Waals surface area contributed by atoms with Gasteiger partial charge in [-0.2, -0.15) is 0 Å². The van der Waals surface area contributed by atoms with Crippen molar-refractivity contribution in [3.05, 3.63) is 0 Å². The van der Waals surface area contributed by atoms with Gasteiger partial charge in [-0.25, -0.2) is 0 Å². The third kappa shape index (κ3) is 12.2. The molecule has 0 rings (SSSR count). The predicted octanol–water partition coefficient (Wildman–Crippen LogP) is -3.72. The molecule has 0 aliphatic heterocycles. The molecular weight excluding hydrogens is 141 g/mol. The van der Waals surface area contributed by atoms with Gasteiger partial charge in [0.05, 0.1) is 0 Å². The molecule has 0 heterocycles. The van der Waals surface area contributed by atoms with Crippen molar-refractivity contribution in [3.63, 3.8) is 0 Å². The second-order valence-electron chi connectivity index (χ2n) is 0. The molecule has 3 heteroatoms. The van der Waals surface area contributed by atoms with Crippen LogP contribution < -0.4 is 0 Å². The van der Waals surface area contributed by atoms with E-state index in [1.165, 1.54) is 0 Å². The van der Waals surface area contributed by atoms with Gasteiger partial charge in [0.15, 0.2) is 0 Å². The van der Waals surface area contributed by atoms with Gasteiger partial charge in [-0.05, 0) is 21.9 Å². The first-order chi connectivity index (χ1) is 0. The second kappa shape index (κ2) is 36.9. The molecule has 4 heavy (non-hydrogen) atoms. The summed E-state index contributed by atoms with van der Waals surface area (Å²) in [5.74, 6) is 0. The van der Waals surface area contributed by atoms with Gasteiger partial charge in [-0.3, -0.25) is 0 Å². The standard InChI is InChI=1S/CH4.GeH4.2H4Si/h4*1H4. The van der Waals surface area contributed by atoms with Crippen LogP contribution in [0.15, 0.2) is 0 Å². The van der Waals surface area contributed by atoms with Gasteiger partial charge >= 0.3 is 17.6 Å². The first-order valence-electron chi connectivity index (χ1n) is 0. The van der Waals surface area contributed by atoms with Gasteiger partial charge < -0.3 is 0 Å². The molecule has 32 valence electrons. The molecule has 0 aliphatic carbocycles. The van der Waals surface area contributed by atoms with E-state index in [4.69, 9.17) is 0 Å². The van der Waals surface area contributed by atoms with Crippen LogP contribution in [-0.2, 0) is 0 Å². The van der Waals surface area contributed by atoms with Gasteiger partial charge in [-0.15, -0.1) is 0 Å². The zero-order valence-electron chi connectivity index (χ0n) is 0. The molecule has 0 radical (unpaired) electrons. The van der Waals surface area contributed by atoms with Crippen LogP contribution in [0.25, 0.3) is 0 Å². The summed E-state index contributed by atoms with van der Waals surface area (Å²) >= 11 is 0. The van der Waals surface area contributed by atoms with Gasteiger partial charge in [0, 0.05) is 0 Å².